The van der Waals surface area contributed by atoms with Crippen LogP contribution in [0.25, 0.3) is 22.3 Å². The van der Waals surface area contributed by atoms with Crippen LogP contribution in [0.1, 0.15) is 0 Å². The smallest absolute Gasteiger partial charge is 0.137 e. The van der Waals surface area contributed by atoms with Crippen molar-refractivity contribution in [3.8, 4) is 17.1 Å². The van der Waals surface area contributed by atoms with Crippen molar-refractivity contribution < 1.29 is 13.9 Å². The van der Waals surface area contributed by atoms with Crippen LogP contribution in [0.4, 0.5) is 10.1 Å². The fourth-order valence-electron chi connectivity index (χ4n) is 2.65. The number of phenols is 1. The summed E-state index contributed by atoms with van der Waals surface area (Å²) in [6.07, 6.45) is 0. The maximum Gasteiger partial charge on any atom is 0.137 e. The number of aromatic hydroxyl groups is 1. The Morgan fingerprint density at radius 2 is 1.60 bits per heavy atom. The van der Waals surface area contributed by atoms with Gasteiger partial charge in [0.15, 0.2) is 0 Å². The lowest BCUT2D eigenvalue weighted by Gasteiger charge is -2.05. The van der Waals surface area contributed by atoms with E-state index in [0.717, 1.165) is 5.56 Å². The Bertz CT molecular complexity index is 1100. The highest BCUT2D eigenvalue weighted by Crippen LogP contribution is 2.24. The third kappa shape index (κ3) is 3.15. The topological polar surface area (TPSA) is 45.7 Å². The molecular weight excluding hydrogens is 317 g/mol. The largest absolute Gasteiger partial charge is 0.508 e. The van der Waals surface area contributed by atoms with E-state index in [-0.39, 0.29) is 11.6 Å². The first kappa shape index (κ1) is 15.1. The molecule has 1 aromatic heterocycles. The fourth-order valence-corrected chi connectivity index (χ4v) is 2.65. The Morgan fingerprint density at radius 3 is 2.36 bits per heavy atom. The summed E-state index contributed by atoms with van der Waals surface area (Å²) >= 11 is 0. The molecule has 3 aromatic carbocycles. The highest BCUT2D eigenvalue weighted by Gasteiger charge is 2.07. The monoisotopic (exact) mass is 331 g/mol. The van der Waals surface area contributed by atoms with E-state index in [1.54, 1.807) is 30.3 Å². The predicted octanol–water partition coefficient (Wildman–Crippen LogP) is 5.18. The van der Waals surface area contributed by atoms with Crippen LogP contribution < -0.4 is 5.36 Å². The second-order valence-corrected chi connectivity index (χ2v) is 5.63. The average molecular weight is 331 g/mol. The van der Waals surface area contributed by atoms with Crippen LogP contribution in [-0.2, 0) is 0 Å². The molecule has 0 spiro atoms. The molecular formula is C21H14FNO2. The molecule has 122 valence electrons. The molecule has 0 unspecified atom stereocenters. The van der Waals surface area contributed by atoms with Crippen molar-refractivity contribution in [3.63, 3.8) is 0 Å². The number of fused-ring (bicyclic) bond motifs is 1. The second kappa shape index (κ2) is 6.24. The molecule has 3 nitrogen and oxygen atoms in total. The van der Waals surface area contributed by atoms with E-state index in [0.29, 0.717) is 27.8 Å². The lowest BCUT2D eigenvalue weighted by Crippen LogP contribution is -2.03. The number of phenolic OH excluding ortho intramolecular Hbond substituents is 1. The third-order valence-corrected chi connectivity index (χ3v) is 3.86. The second-order valence-electron chi connectivity index (χ2n) is 5.63. The molecule has 4 heteroatoms. The highest BCUT2D eigenvalue weighted by atomic mass is 19.1. The Hall–Kier alpha value is -3.40. The van der Waals surface area contributed by atoms with Crippen molar-refractivity contribution in [1.82, 2.24) is 0 Å². The molecule has 0 saturated heterocycles. The summed E-state index contributed by atoms with van der Waals surface area (Å²) in [5, 5.41) is 11.1. The van der Waals surface area contributed by atoms with Crippen molar-refractivity contribution in [2.24, 2.45) is 4.99 Å². The van der Waals surface area contributed by atoms with Gasteiger partial charge in [0.2, 0.25) is 0 Å². The Labute approximate surface area is 143 Å². The van der Waals surface area contributed by atoms with Crippen molar-refractivity contribution in [3.05, 3.63) is 90.0 Å². The molecule has 0 aliphatic carbocycles. The van der Waals surface area contributed by atoms with Gasteiger partial charge in [0.05, 0.1) is 11.0 Å². The SMILES string of the molecule is Oc1ccc2oc(-c3ccccc3)cc(=Nc3ccc(F)cc3)c2c1. The van der Waals surface area contributed by atoms with E-state index >= 15 is 0 Å². The maximum atomic E-state index is 13.1. The van der Waals surface area contributed by atoms with Crippen LogP contribution >= 0.6 is 0 Å². The Kier molecular flexibility index (Phi) is 3.78. The number of rotatable bonds is 2. The van der Waals surface area contributed by atoms with Crippen LogP contribution in [0.15, 0.2) is 88.3 Å². The van der Waals surface area contributed by atoms with E-state index in [1.165, 1.54) is 12.1 Å². The van der Waals surface area contributed by atoms with Crippen LogP contribution in [-0.4, -0.2) is 5.11 Å². The van der Waals surface area contributed by atoms with Gasteiger partial charge in [-0.1, -0.05) is 30.3 Å². The van der Waals surface area contributed by atoms with Crippen molar-refractivity contribution in [2.45, 2.75) is 0 Å². The maximum absolute atomic E-state index is 13.1. The third-order valence-electron chi connectivity index (χ3n) is 3.86. The molecule has 0 saturated carbocycles. The van der Waals surface area contributed by atoms with E-state index in [2.05, 4.69) is 4.99 Å². The van der Waals surface area contributed by atoms with Gasteiger partial charge in [-0.05, 0) is 42.5 Å². The summed E-state index contributed by atoms with van der Waals surface area (Å²) < 4.78 is 19.1. The average Bonchev–Trinajstić information content (AvgIpc) is 2.64. The number of benzene rings is 3. The molecule has 0 aliphatic rings. The van der Waals surface area contributed by atoms with Crippen molar-refractivity contribution in [1.29, 1.82) is 0 Å². The van der Waals surface area contributed by atoms with Gasteiger partial charge >= 0.3 is 0 Å². The van der Waals surface area contributed by atoms with Crippen LogP contribution in [0, 0.1) is 5.82 Å². The molecule has 4 aromatic rings. The van der Waals surface area contributed by atoms with E-state index in [1.807, 2.05) is 36.4 Å². The van der Waals surface area contributed by atoms with Gasteiger partial charge in [0.1, 0.15) is 22.9 Å². The number of hydrogen-bond donors (Lipinski definition) is 1. The zero-order valence-corrected chi connectivity index (χ0v) is 13.2. The normalized spacial score (nSPS) is 11.8. The number of hydrogen-bond acceptors (Lipinski definition) is 3. The van der Waals surface area contributed by atoms with Crippen molar-refractivity contribution in [2.75, 3.05) is 0 Å². The standard InChI is InChI=1S/C21H14FNO2/c22-15-6-8-16(9-7-15)23-19-13-21(14-4-2-1-3-5-14)25-20-11-10-17(24)12-18(19)20/h1-13,24H. The van der Waals surface area contributed by atoms with Crippen LogP contribution in [0.5, 0.6) is 5.75 Å². The number of nitrogens with zero attached hydrogens (tertiary/aromatic N) is 1. The quantitative estimate of drug-likeness (QED) is 0.550. The summed E-state index contributed by atoms with van der Waals surface area (Å²) in [4.78, 5) is 4.60. The number of halogens is 1. The minimum Gasteiger partial charge on any atom is -0.508 e. The van der Waals surface area contributed by atoms with Gasteiger partial charge in [0.25, 0.3) is 0 Å². The van der Waals surface area contributed by atoms with E-state index < -0.39 is 0 Å². The molecule has 0 aliphatic heterocycles. The Morgan fingerprint density at radius 1 is 0.840 bits per heavy atom. The zero-order valence-electron chi connectivity index (χ0n) is 13.2. The summed E-state index contributed by atoms with van der Waals surface area (Å²) in [6.45, 7) is 0. The predicted molar refractivity (Wildman–Crippen MR) is 94.9 cm³/mol. The van der Waals surface area contributed by atoms with Crippen LogP contribution in [0.2, 0.25) is 0 Å². The first-order chi connectivity index (χ1) is 12.2. The molecule has 0 atom stereocenters. The molecule has 25 heavy (non-hydrogen) atoms. The minimum absolute atomic E-state index is 0.130. The molecule has 0 amide bonds. The summed E-state index contributed by atoms with van der Waals surface area (Å²) in [7, 11) is 0. The van der Waals surface area contributed by atoms with Gasteiger partial charge in [-0.3, -0.25) is 0 Å². The van der Waals surface area contributed by atoms with Gasteiger partial charge in [-0.2, -0.15) is 0 Å². The van der Waals surface area contributed by atoms with E-state index in [9.17, 15) is 9.50 Å². The van der Waals surface area contributed by atoms with Crippen molar-refractivity contribution >= 4 is 16.7 Å². The van der Waals surface area contributed by atoms with Gasteiger partial charge in [-0.25, -0.2) is 9.38 Å². The van der Waals surface area contributed by atoms with Gasteiger partial charge in [-0.15, -0.1) is 0 Å². The van der Waals surface area contributed by atoms with Gasteiger partial charge in [0, 0.05) is 17.0 Å². The van der Waals surface area contributed by atoms with Crippen LogP contribution in [0.3, 0.4) is 0 Å². The fraction of sp³-hybridized carbons (Fsp3) is 0. The minimum atomic E-state index is -0.311. The lowest BCUT2D eigenvalue weighted by atomic mass is 10.1. The summed E-state index contributed by atoms with van der Waals surface area (Å²) in [6, 6.07) is 22.4. The zero-order chi connectivity index (χ0) is 17.2. The molecule has 1 N–H and O–H groups in total. The molecule has 4 rings (SSSR count). The van der Waals surface area contributed by atoms with E-state index in [4.69, 9.17) is 4.42 Å². The molecule has 0 fully saturated rings. The molecule has 1 heterocycles. The van der Waals surface area contributed by atoms with Gasteiger partial charge < -0.3 is 9.52 Å². The lowest BCUT2D eigenvalue weighted by molar-refractivity contribution is 0.475. The first-order valence-electron chi connectivity index (χ1n) is 7.82. The highest BCUT2D eigenvalue weighted by molar-refractivity contribution is 5.80. The molecule has 0 radical (unpaired) electrons. The summed E-state index contributed by atoms with van der Waals surface area (Å²) in [5.41, 5.74) is 2.16. The summed E-state index contributed by atoms with van der Waals surface area (Å²) in [5.74, 6) is 0.486. The Balaban J connectivity index is 2.00. The molecule has 0 bridgehead atoms. The first-order valence-corrected chi connectivity index (χ1v) is 7.82.